The number of aromatic nitrogens is 2. The maximum atomic E-state index is 12.0. The molecule has 0 fully saturated rings. The van der Waals surface area contributed by atoms with Crippen molar-refractivity contribution in [3.8, 4) is 0 Å². The van der Waals surface area contributed by atoms with E-state index >= 15 is 0 Å². The van der Waals surface area contributed by atoms with Gasteiger partial charge in [0.2, 0.25) is 10.1 Å². The number of carbonyl (C=O) groups is 1. The fraction of sp³-hybridized carbons (Fsp3) is 0.308. The minimum absolute atomic E-state index is 0.231. The zero-order chi connectivity index (χ0) is 13.7. The van der Waals surface area contributed by atoms with Crippen LogP contribution in [0.1, 0.15) is 28.7 Å². The van der Waals surface area contributed by atoms with Crippen LogP contribution >= 0.6 is 11.3 Å². The molecule has 2 rings (SSSR count). The molecule has 2 aromatic rings. The third-order valence-corrected chi connectivity index (χ3v) is 3.33. The van der Waals surface area contributed by atoms with Crippen molar-refractivity contribution < 1.29 is 4.79 Å². The molecule has 0 aliphatic rings. The molecule has 1 heterocycles. The van der Waals surface area contributed by atoms with E-state index in [1.807, 2.05) is 31.2 Å². The van der Waals surface area contributed by atoms with Crippen molar-refractivity contribution in [3.05, 3.63) is 34.8 Å². The average Bonchev–Trinajstić information content (AvgIpc) is 2.88. The summed E-state index contributed by atoms with van der Waals surface area (Å²) in [7, 11) is 0. The van der Waals surface area contributed by atoms with Crippen molar-refractivity contribution >= 4 is 28.1 Å². The van der Waals surface area contributed by atoms with E-state index in [1.165, 1.54) is 11.3 Å². The molecule has 100 valence electrons. The molecule has 5 nitrogen and oxygen atoms in total. The number of carbonyl (C=O) groups excluding carboxylic acids is 1. The van der Waals surface area contributed by atoms with Crippen LogP contribution in [0.2, 0.25) is 0 Å². The summed E-state index contributed by atoms with van der Waals surface area (Å²) in [6.07, 6.45) is 1.00. The second-order valence-electron chi connectivity index (χ2n) is 4.16. The van der Waals surface area contributed by atoms with Crippen LogP contribution in [0.4, 0.5) is 10.8 Å². The molecule has 1 aromatic carbocycles. The molecule has 0 saturated carbocycles. The molecule has 0 aliphatic carbocycles. The van der Waals surface area contributed by atoms with Crippen LogP contribution in [0, 0.1) is 6.92 Å². The van der Waals surface area contributed by atoms with Crippen molar-refractivity contribution in [1.82, 2.24) is 10.2 Å². The molecule has 1 amide bonds. The largest absolute Gasteiger partial charge is 0.360 e. The van der Waals surface area contributed by atoms with E-state index < -0.39 is 0 Å². The quantitative estimate of drug-likeness (QED) is 0.881. The van der Waals surface area contributed by atoms with Crippen LogP contribution in [0.5, 0.6) is 0 Å². The summed E-state index contributed by atoms with van der Waals surface area (Å²) in [6, 6.07) is 7.63. The van der Waals surface area contributed by atoms with Crippen LogP contribution in [-0.4, -0.2) is 22.6 Å². The van der Waals surface area contributed by atoms with Gasteiger partial charge in [-0.25, -0.2) is 0 Å². The zero-order valence-corrected chi connectivity index (χ0v) is 11.8. The van der Waals surface area contributed by atoms with E-state index in [9.17, 15) is 4.79 Å². The maximum Gasteiger partial charge on any atom is 0.286 e. The number of anilines is 2. The van der Waals surface area contributed by atoms with Crippen LogP contribution in [0.25, 0.3) is 0 Å². The van der Waals surface area contributed by atoms with Crippen LogP contribution < -0.4 is 10.6 Å². The van der Waals surface area contributed by atoms with Gasteiger partial charge >= 0.3 is 0 Å². The van der Waals surface area contributed by atoms with Crippen molar-refractivity contribution in [1.29, 1.82) is 0 Å². The Morgan fingerprint density at radius 1 is 1.26 bits per heavy atom. The predicted octanol–water partition coefficient (Wildman–Crippen LogP) is 2.92. The number of hydrogen-bond donors (Lipinski definition) is 2. The van der Waals surface area contributed by atoms with Crippen LogP contribution in [0.15, 0.2) is 24.3 Å². The number of nitrogens with zero attached hydrogens (tertiary/aromatic N) is 2. The van der Waals surface area contributed by atoms with E-state index in [0.29, 0.717) is 10.1 Å². The average molecular weight is 276 g/mol. The molecule has 1 aromatic heterocycles. The minimum atomic E-state index is -0.231. The Bertz CT molecular complexity index is 550. The zero-order valence-electron chi connectivity index (χ0n) is 10.9. The smallest absolute Gasteiger partial charge is 0.286 e. The van der Waals surface area contributed by atoms with Gasteiger partial charge in [0.15, 0.2) is 0 Å². The first-order valence-corrected chi connectivity index (χ1v) is 6.96. The maximum absolute atomic E-state index is 12.0. The first-order chi connectivity index (χ1) is 9.19. The van der Waals surface area contributed by atoms with Gasteiger partial charge < -0.3 is 10.6 Å². The van der Waals surface area contributed by atoms with Gasteiger partial charge in [0.1, 0.15) is 0 Å². The normalized spacial score (nSPS) is 10.2. The molecular weight excluding hydrogens is 260 g/mol. The van der Waals surface area contributed by atoms with Crippen molar-refractivity contribution in [2.24, 2.45) is 0 Å². The summed E-state index contributed by atoms with van der Waals surface area (Å²) < 4.78 is 0. The van der Waals surface area contributed by atoms with Crippen LogP contribution in [0.3, 0.4) is 0 Å². The molecule has 2 N–H and O–H groups in total. The van der Waals surface area contributed by atoms with Gasteiger partial charge in [-0.3, -0.25) is 4.79 Å². The van der Waals surface area contributed by atoms with Gasteiger partial charge in [0, 0.05) is 12.2 Å². The molecule has 0 saturated heterocycles. The van der Waals surface area contributed by atoms with E-state index in [2.05, 4.69) is 27.8 Å². The molecule has 0 bridgehead atoms. The summed E-state index contributed by atoms with van der Waals surface area (Å²) in [5.74, 6) is -0.231. The topological polar surface area (TPSA) is 66.9 Å². The van der Waals surface area contributed by atoms with E-state index in [0.717, 1.165) is 24.2 Å². The van der Waals surface area contributed by atoms with E-state index in [1.54, 1.807) is 0 Å². The monoisotopic (exact) mass is 276 g/mol. The predicted molar refractivity (Wildman–Crippen MR) is 77.8 cm³/mol. The molecule has 6 heteroatoms. The lowest BCUT2D eigenvalue weighted by atomic mass is 10.2. The van der Waals surface area contributed by atoms with Crippen molar-refractivity contribution in [2.45, 2.75) is 20.3 Å². The van der Waals surface area contributed by atoms with Gasteiger partial charge in [-0.05, 0) is 25.5 Å². The van der Waals surface area contributed by atoms with Crippen molar-refractivity contribution in [2.75, 3.05) is 17.2 Å². The molecule has 0 unspecified atom stereocenters. The van der Waals surface area contributed by atoms with Crippen molar-refractivity contribution in [3.63, 3.8) is 0 Å². The van der Waals surface area contributed by atoms with Gasteiger partial charge in [-0.15, -0.1) is 10.2 Å². The number of rotatable bonds is 5. The summed E-state index contributed by atoms with van der Waals surface area (Å²) in [6.45, 7) is 4.90. The van der Waals surface area contributed by atoms with Gasteiger partial charge in [-0.1, -0.05) is 36.0 Å². The number of amides is 1. The van der Waals surface area contributed by atoms with Gasteiger partial charge in [0.05, 0.1) is 0 Å². The molecule has 0 aliphatic heterocycles. The fourth-order valence-corrected chi connectivity index (χ4v) is 2.10. The van der Waals surface area contributed by atoms with Crippen LogP contribution in [-0.2, 0) is 0 Å². The molecule has 0 radical (unpaired) electrons. The standard InChI is InChI=1S/C13H16N4OS/c1-3-8-14-13-17-16-12(19-13)11(18)15-10-6-4-9(2)5-7-10/h4-7H,3,8H2,1-2H3,(H,14,17)(H,15,18). The molecule has 19 heavy (non-hydrogen) atoms. The SMILES string of the molecule is CCCNc1nnc(C(=O)Nc2ccc(C)cc2)s1. The lowest BCUT2D eigenvalue weighted by Crippen LogP contribution is -2.11. The Morgan fingerprint density at radius 3 is 2.68 bits per heavy atom. The summed E-state index contributed by atoms with van der Waals surface area (Å²) in [5.41, 5.74) is 1.91. The number of aryl methyl sites for hydroxylation is 1. The highest BCUT2D eigenvalue weighted by Gasteiger charge is 2.12. The summed E-state index contributed by atoms with van der Waals surface area (Å²) in [4.78, 5) is 12.0. The lowest BCUT2D eigenvalue weighted by Gasteiger charge is -2.02. The lowest BCUT2D eigenvalue weighted by molar-refractivity contribution is 0.102. The number of hydrogen-bond acceptors (Lipinski definition) is 5. The second-order valence-corrected chi connectivity index (χ2v) is 5.14. The number of nitrogens with one attached hydrogen (secondary N) is 2. The third kappa shape index (κ3) is 3.75. The molecule has 0 atom stereocenters. The first-order valence-electron chi connectivity index (χ1n) is 6.14. The third-order valence-electron chi connectivity index (χ3n) is 2.45. The Hall–Kier alpha value is -1.95. The highest BCUT2D eigenvalue weighted by Crippen LogP contribution is 2.17. The van der Waals surface area contributed by atoms with E-state index in [4.69, 9.17) is 0 Å². The highest BCUT2D eigenvalue weighted by atomic mass is 32.1. The summed E-state index contributed by atoms with van der Waals surface area (Å²) >= 11 is 1.26. The highest BCUT2D eigenvalue weighted by molar-refractivity contribution is 7.17. The Labute approximate surface area is 116 Å². The molecular formula is C13H16N4OS. The fourth-order valence-electron chi connectivity index (χ4n) is 1.44. The van der Waals surface area contributed by atoms with Gasteiger partial charge in [0.25, 0.3) is 5.91 Å². The molecule has 0 spiro atoms. The van der Waals surface area contributed by atoms with Gasteiger partial charge in [-0.2, -0.15) is 0 Å². The number of benzene rings is 1. The second kappa shape index (κ2) is 6.29. The Kier molecular flexibility index (Phi) is 4.46. The Morgan fingerprint density at radius 2 is 2.00 bits per heavy atom. The first kappa shape index (κ1) is 13.5. The minimum Gasteiger partial charge on any atom is -0.360 e. The van der Waals surface area contributed by atoms with E-state index in [-0.39, 0.29) is 5.91 Å². The Balaban J connectivity index is 1.99. The summed E-state index contributed by atoms with van der Waals surface area (Å²) in [5, 5.41) is 14.7.